The van der Waals surface area contributed by atoms with Crippen molar-refractivity contribution in [2.45, 2.75) is 32.3 Å². The van der Waals surface area contributed by atoms with Crippen molar-refractivity contribution in [1.82, 2.24) is 4.98 Å². The molecule has 1 aromatic rings. The molecule has 1 aliphatic heterocycles. The second kappa shape index (κ2) is 4.45. The normalized spacial score (nSPS) is 24.1. The summed E-state index contributed by atoms with van der Waals surface area (Å²) in [6.45, 7) is 5.12. The van der Waals surface area contributed by atoms with E-state index in [0.717, 1.165) is 18.7 Å². The van der Waals surface area contributed by atoms with Crippen molar-refractivity contribution < 1.29 is 9.90 Å². The Morgan fingerprint density at radius 1 is 1.59 bits per heavy atom. The number of nitrogens with zero attached hydrogens (tertiary/aromatic N) is 2. The molecule has 1 unspecified atom stereocenters. The van der Waals surface area contributed by atoms with Crippen molar-refractivity contribution >= 4 is 11.5 Å². The van der Waals surface area contributed by atoms with Crippen molar-refractivity contribution in [3.05, 3.63) is 24.0 Å². The van der Waals surface area contributed by atoms with Gasteiger partial charge in [-0.15, -0.1) is 0 Å². The van der Waals surface area contributed by atoms with Crippen LogP contribution in [0.2, 0.25) is 0 Å². The molecule has 0 saturated carbocycles. The van der Waals surface area contributed by atoms with Crippen molar-refractivity contribution in [3.63, 3.8) is 0 Å². The van der Waals surface area contributed by atoms with Crippen LogP contribution in [-0.4, -0.2) is 34.6 Å². The molecule has 0 aliphatic carbocycles. The Kier molecular flexibility index (Phi) is 3.15. The fourth-order valence-electron chi connectivity index (χ4n) is 2.08. The molecule has 1 aromatic heterocycles. The van der Waals surface area contributed by atoms with Gasteiger partial charge in [0.25, 0.3) is 0 Å². The number of aliphatic hydroxyl groups is 1. The fourth-order valence-corrected chi connectivity index (χ4v) is 2.08. The molecule has 1 aliphatic rings. The van der Waals surface area contributed by atoms with Crippen molar-refractivity contribution in [1.29, 1.82) is 0 Å². The number of carbonyl (C=O) groups excluding carboxylic acids is 1. The van der Waals surface area contributed by atoms with Crippen molar-refractivity contribution in [2.24, 2.45) is 0 Å². The van der Waals surface area contributed by atoms with Gasteiger partial charge in [-0.25, -0.2) is 0 Å². The minimum atomic E-state index is -0.613. The Morgan fingerprint density at radius 2 is 2.35 bits per heavy atom. The smallest absolute Gasteiger partial charge is 0.180 e. The summed E-state index contributed by atoms with van der Waals surface area (Å²) < 4.78 is 0. The molecule has 1 saturated heterocycles. The first-order valence-corrected chi connectivity index (χ1v) is 5.98. The summed E-state index contributed by atoms with van der Waals surface area (Å²) in [4.78, 5) is 17.7. The molecule has 1 fully saturated rings. The van der Waals surface area contributed by atoms with E-state index in [9.17, 15) is 9.90 Å². The van der Waals surface area contributed by atoms with E-state index in [-0.39, 0.29) is 5.78 Å². The lowest BCUT2D eigenvalue weighted by molar-refractivity contribution is 0.0839. The highest BCUT2D eigenvalue weighted by atomic mass is 16.3. The topological polar surface area (TPSA) is 53.4 Å². The highest BCUT2D eigenvalue weighted by Gasteiger charge is 2.31. The van der Waals surface area contributed by atoms with Crippen LogP contribution in [0.15, 0.2) is 18.3 Å². The zero-order valence-electron chi connectivity index (χ0n) is 10.3. The number of ketones is 1. The number of hydrogen-bond acceptors (Lipinski definition) is 4. The van der Waals surface area contributed by atoms with Crippen LogP contribution in [0.25, 0.3) is 0 Å². The lowest BCUT2D eigenvalue weighted by Gasteiger charge is -2.20. The predicted octanol–water partition coefficient (Wildman–Crippen LogP) is 1.64. The average molecular weight is 234 g/mol. The number of rotatable bonds is 3. The van der Waals surface area contributed by atoms with Gasteiger partial charge >= 0.3 is 0 Å². The first-order valence-electron chi connectivity index (χ1n) is 5.98. The first kappa shape index (κ1) is 12.0. The van der Waals surface area contributed by atoms with Crippen LogP contribution >= 0.6 is 0 Å². The number of carbonyl (C=O) groups is 1. The minimum absolute atomic E-state index is 0.0602. The molecule has 1 N–H and O–H groups in total. The van der Waals surface area contributed by atoms with Crippen LogP contribution < -0.4 is 4.90 Å². The van der Waals surface area contributed by atoms with Gasteiger partial charge in [-0.3, -0.25) is 9.78 Å². The fraction of sp³-hybridized carbons (Fsp3) is 0.538. The Bertz CT molecular complexity index is 412. The second-order valence-corrected chi connectivity index (χ2v) is 4.85. The van der Waals surface area contributed by atoms with Crippen molar-refractivity contribution in [2.75, 3.05) is 18.0 Å². The van der Waals surface area contributed by atoms with E-state index in [4.69, 9.17) is 0 Å². The van der Waals surface area contributed by atoms with E-state index in [1.165, 1.54) is 0 Å². The summed E-state index contributed by atoms with van der Waals surface area (Å²) in [5, 5.41) is 9.89. The number of anilines is 1. The molecule has 2 rings (SSSR count). The second-order valence-electron chi connectivity index (χ2n) is 4.85. The average Bonchev–Trinajstić information content (AvgIpc) is 2.69. The zero-order valence-corrected chi connectivity index (χ0v) is 10.3. The Labute approximate surface area is 101 Å². The molecule has 0 aromatic carbocycles. The molecular formula is C13H18N2O2. The SMILES string of the molecule is CCC(=O)c1ccc(N2CCC(C)(O)C2)cn1. The molecule has 0 amide bonds. The Morgan fingerprint density at radius 3 is 2.82 bits per heavy atom. The van der Waals surface area contributed by atoms with Gasteiger partial charge in [0.15, 0.2) is 5.78 Å². The molecule has 0 bridgehead atoms. The van der Waals surface area contributed by atoms with Crippen LogP contribution in [-0.2, 0) is 0 Å². The lowest BCUT2D eigenvalue weighted by atomic mass is 10.1. The molecule has 0 radical (unpaired) electrons. The van der Waals surface area contributed by atoms with Crippen LogP contribution in [0.4, 0.5) is 5.69 Å². The summed E-state index contributed by atoms with van der Waals surface area (Å²) in [7, 11) is 0. The number of aromatic nitrogens is 1. The molecule has 0 spiro atoms. The van der Waals surface area contributed by atoms with E-state index in [1.807, 2.05) is 19.9 Å². The number of β-amino-alcohol motifs (C(OH)–C–C–N with tert-alkyl or cyclic N) is 1. The van der Waals surface area contributed by atoms with E-state index in [0.29, 0.717) is 18.7 Å². The lowest BCUT2D eigenvalue weighted by Crippen LogP contribution is -2.29. The Balaban J connectivity index is 2.11. The van der Waals surface area contributed by atoms with Crippen LogP contribution in [0.5, 0.6) is 0 Å². The molecule has 92 valence electrons. The number of Topliss-reactive ketones (excluding diaryl/α,β-unsaturated/α-hetero) is 1. The van der Waals surface area contributed by atoms with Gasteiger partial charge in [-0.05, 0) is 25.5 Å². The third-order valence-electron chi connectivity index (χ3n) is 3.17. The number of hydrogen-bond donors (Lipinski definition) is 1. The van der Waals surface area contributed by atoms with Crippen LogP contribution in [0.3, 0.4) is 0 Å². The predicted molar refractivity (Wildman–Crippen MR) is 66.3 cm³/mol. The maximum atomic E-state index is 11.4. The van der Waals surface area contributed by atoms with Crippen LogP contribution in [0.1, 0.15) is 37.2 Å². The molecule has 4 nitrogen and oxygen atoms in total. The van der Waals surface area contributed by atoms with Gasteiger partial charge in [0, 0.05) is 19.5 Å². The van der Waals surface area contributed by atoms with Gasteiger partial charge in [-0.2, -0.15) is 0 Å². The maximum absolute atomic E-state index is 11.4. The summed E-state index contributed by atoms with van der Waals surface area (Å²) in [6, 6.07) is 3.66. The van der Waals surface area contributed by atoms with E-state index >= 15 is 0 Å². The third kappa shape index (κ3) is 2.64. The monoisotopic (exact) mass is 234 g/mol. The van der Waals surface area contributed by atoms with Gasteiger partial charge in [0.05, 0.1) is 17.5 Å². The molecule has 4 heteroatoms. The highest BCUT2D eigenvalue weighted by Crippen LogP contribution is 2.25. The molecule has 17 heavy (non-hydrogen) atoms. The zero-order chi connectivity index (χ0) is 12.5. The van der Waals surface area contributed by atoms with Crippen molar-refractivity contribution in [3.8, 4) is 0 Å². The molecule has 2 heterocycles. The Hall–Kier alpha value is -1.42. The van der Waals surface area contributed by atoms with Gasteiger partial charge in [-0.1, -0.05) is 6.92 Å². The minimum Gasteiger partial charge on any atom is -0.388 e. The standard InChI is InChI=1S/C13H18N2O2/c1-3-12(16)11-5-4-10(8-14-11)15-7-6-13(2,17)9-15/h4-5,8,17H,3,6-7,9H2,1-2H3. The number of pyridine rings is 1. The molecular weight excluding hydrogens is 216 g/mol. The van der Waals surface area contributed by atoms with Gasteiger partial charge in [0.2, 0.25) is 0 Å². The van der Waals surface area contributed by atoms with E-state index in [1.54, 1.807) is 12.3 Å². The van der Waals surface area contributed by atoms with Gasteiger partial charge in [0.1, 0.15) is 5.69 Å². The summed E-state index contributed by atoms with van der Waals surface area (Å²) in [5.74, 6) is 0.0602. The highest BCUT2D eigenvalue weighted by molar-refractivity contribution is 5.94. The summed E-state index contributed by atoms with van der Waals surface area (Å²) in [6.07, 6.45) is 2.96. The quantitative estimate of drug-likeness (QED) is 0.808. The maximum Gasteiger partial charge on any atom is 0.180 e. The van der Waals surface area contributed by atoms with Crippen LogP contribution in [0, 0.1) is 0 Å². The largest absolute Gasteiger partial charge is 0.388 e. The van der Waals surface area contributed by atoms with E-state index < -0.39 is 5.60 Å². The van der Waals surface area contributed by atoms with E-state index in [2.05, 4.69) is 9.88 Å². The summed E-state index contributed by atoms with van der Waals surface area (Å²) >= 11 is 0. The first-order chi connectivity index (χ1) is 8.02. The summed E-state index contributed by atoms with van der Waals surface area (Å²) in [5.41, 5.74) is 0.871. The van der Waals surface area contributed by atoms with Gasteiger partial charge < -0.3 is 10.0 Å². The molecule has 1 atom stereocenters. The third-order valence-corrected chi connectivity index (χ3v) is 3.17.